The van der Waals surface area contributed by atoms with E-state index in [0.29, 0.717) is 6.42 Å². The maximum atomic E-state index is 12.8. The van der Waals surface area contributed by atoms with Gasteiger partial charge in [-0.25, -0.2) is 4.79 Å². The number of nitrogens with zero attached hydrogens (tertiary/aromatic N) is 1. The van der Waals surface area contributed by atoms with Gasteiger partial charge in [0, 0.05) is 6.54 Å². The zero-order valence-corrected chi connectivity index (χ0v) is 18.7. The number of benzene rings is 3. The van der Waals surface area contributed by atoms with Gasteiger partial charge in [-0.1, -0.05) is 60.7 Å². The molecule has 0 radical (unpaired) electrons. The van der Waals surface area contributed by atoms with Crippen LogP contribution in [0.4, 0.5) is 0 Å². The highest BCUT2D eigenvalue weighted by Crippen LogP contribution is 2.24. The predicted octanol–water partition coefficient (Wildman–Crippen LogP) is 3.56. The van der Waals surface area contributed by atoms with Gasteiger partial charge in [-0.05, 0) is 42.7 Å². The highest BCUT2D eigenvalue weighted by Gasteiger charge is 2.35. The Morgan fingerprint density at radius 2 is 1.53 bits per heavy atom. The molecule has 0 aromatic heterocycles. The lowest BCUT2D eigenvalue weighted by molar-refractivity contribution is -0.124. The van der Waals surface area contributed by atoms with Crippen molar-refractivity contribution in [2.24, 2.45) is 0 Å². The fraction of sp³-hybridized carbons (Fsp3) is 0.185. The van der Waals surface area contributed by atoms with E-state index in [1.54, 1.807) is 0 Å². The topological polar surface area (TPSA) is 92.8 Å². The van der Waals surface area contributed by atoms with Gasteiger partial charge in [0.15, 0.2) is 6.61 Å². The van der Waals surface area contributed by atoms with Crippen LogP contribution in [-0.4, -0.2) is 41.7 Å². The molecule has 0 unspecified atom stereocenters. The van der Waals surface area contributed by atoms with Gasteiger partial charge in [-0.2, -0.15) is 0 Å². The zero-order chi connectivity index (χ0) is 24.1. The number of fused-ring (bicyclic) bond motifs is 1. The van der Waals surface area contributed by atoms with Crippen molar-refractivity contribution in [3.63, 3.8) is 0 Å². The van der Waals surface area contributed by atoms with Crippen molar-refractivity contribution >= 4 is 23.7 Å². The van der Waals surface area contributed by atoms with Crippen LogP contribution in [0.25, 0.3) is 0 Å². The molecule has 1 atom stereocenters. The number of hydrogen-bond donors (Lipinski definition) is 1. The average molecular weight is 456 g/mol. The molecule has 0 aliphatic carbocycles. The molecule has 0 fully saturated rings. The van der Waals surface area contributed by atoms with E-state index >= 15 is 0 Å². The Labute approximate surface area is 197 Å². The van der Waals surface area contributed by atoms with Gasteiger partial charge in [0.1, 0.15) is 0 Å². The van der Waals surface area contributed by atoms with Crippen LogP contribution < -0.4 is 5.32 Å². The molecule has 3 aromatic rings. The number of hydrogen-bond acceptors (Lipinski definition) is 5. The summed E-state index contributed by atoms with van der Waals surface area (Å²) in [4.78, 5) is 51.3. The minimum absolute atomic E-state index is 0.105. The van der Waals surface area contributed by atoms with Gasteiger partial charge in [-0.15, -0.1) is 0 Å². The Morgan fingerprint density at radius 1 is 0.882 bits per heavy atom. The molecule has 34 heavy (non-hydrogen) atoms. The first-order valence-electron chi connectivity index (χ1n) is 11.0. The van der Waals surface area contributed by atoms with E-state index in [9.17, 15) is 19.2 Å². The van der Waals surface area contributed by atoms with Crippen molar-refractivity contribution in [2.75, 3.05) is 13.2 Å². The Bertz CT molecular complexity index is 1220. The van der Waals surface area contributed by atoms with Gasteiger partial charge in [0.05, 0.1) is 22.7 Å². The molecule has 4 rings (SSSR count). The molecule has 0 spiro atoms. The summed E-state index contributed by atoms with van der Waals surface area (Å²) in [5.41, 5.74) is 2.47. The number of carbonyl (C=O) groups is 4. The molecule has 3 aromatic carbocycles. The molecule has 0 saturated heterocycles. The monoisotopic (exact) mass is 456 g/mol. The number of rotatable bonds is 8. The van der Waals surface area contributed by atoms with Crippen LogP contribution in [0.15, 0.2) is 78.9 Å². The number of ether oxygens (including phenoxy) is 1. The van der Waals surface area contributed by atoms with Crippen LogP contribution in [0.5, 0.6) is 0 Å². The maximum Gasteiger partial charge on any atom is 0.338 e. The summed E-state index contributed by atoms with van der Waals surface area (Å²) in [5.74, 6) is -2.01. The quantitative estimate of drug-likeness (QED) is 0.413. The van der Waals surface area contributed by atoms with E-state index in [1.807, 2.05) is 67.6 Å². The summed E-state index contributed by atoms with van der Waals surface area (Å²) < 4.78 is 5.12. The predicted molar refractivity (Wildman–Crippen MR) is 125 cm³/mol. The second-order valence-electron chi connectivity index (χ2n) is 8.03. The summed E-state index contributed by atoms with van der Waals surface area (Å²) in [6.45, 7) is 1.63. The Morgan fingerprint density at radius 3 is 2.24 bits per heavy atom. The first-order chi connectivity index (χ1) is 16.4. The van der Waals surface area contributed by atoms with Gasteiger partial charge < -0.3 is 10.1 Å². The molecule has 7 nitrogen and oxygen atoms in total. The molecule has 0 bridgehead atoms. The van der Waals surface area contributed by atoms with Crippen LogP contribution in [0.1, 0.15) is 55.2 Å². The molecule has 3 amide bonds. The summed E-state index contributed by atoms with van der Waals surface area (Å²) in [6, 6.07) is 23.0. The van der Waals surface area contributed by atoms with Crippen molar-refractivity contribution in [3.05, 3.63) is 107 Å². The highest BCUT2D eigenvalue weighted by molar-refractivity contribution is 6.22. The van der Waals surface area contributed by atoms with E-state index in [2.05, 4.69) is 5.32 Å². The zero-order valence-electron chi connectivity index (χ0n) is 18.7. The van der Waals surface area contributed by atoms with Gasteiger partial charge >= 0.3 is 5.97 Å². The number of amides is 3. The molecule has 1 heterocycles. The van der Waals surface area contributed by atoms with Crippen LogP contribution in [0, 0.1) is 0 Å². The second-order valence-corrected chi connectivity index (χ2v) is 8.03. The van der Waals surface area contributed by atoms with Crippen LogP contribution in [0.3, 0.4) is 0 Å². The van der Waals surface area contributed by atoms with Gasteiger partial charge in [0.2, 0.25) is 0 Å². The lowest BCUT2D eigenvalue weighted by Crippen LogP contribution is -2.31. The lowest BCUT2D eigenvalue weighted by Gasteiger charge is -2.14. The molecular formula is C27H24N2O5. The van der Waals surface area contributed by atoms with Crippen LogP contribution in [-0.2, 0) is 16.0 Å². The van der Waals surface area contributed by atoms with Gasteiger partial charge in [0.25, 0.3) is 17.7 Å². The summed E-state index contributed by atoms with van der Waals surface area (Å²) in [7, 11) is 0. The number of carbonyl (C=O) groups excluding carboxylic acids is 4. The minimum Gasteiger partial charge on any atom is -0.452 e. The molecule has 1 aliphatic heterocycles. The largest absolute Gasteiger partial charge is 0.452 e. The van der Waals surface area contributed by atoms with E-state index in [1.165, 1.54) is 23.1 Å². The SMILES string of the molecule is C[C@@H](NC(=O)COC(=O)c1ccc2c(c1)C(=O)N(CCc1ccccc1)C2=O)c1ccccc1. The molecule has 172 valence electrons. The Hall–Kier alpha value is -4.26. The Balaban J connectivity index is 1.35. The summed E-state index contributed by atoms with van der Waals surface area (Å²) in [5, 5.41) is 2.77. The molecule has 0 saturated carbocycles. The standard InChI is InChI=1S/C27H24N2O5/c1-18(20-10-6-3-7-11-20)28-24(30)17-34-27(33)21-12-13-22-23(16-21)26(32)29(25(22)31)15-14-19-8-4-2-5-9-19/h2-13,16,18H,14-15,17H2,1H3,(H,28,30)/t18-/m1/s1. The van der Waals surface area contributed by atoms with E-state index in [0.717, 1.165) is 11.1 Å². The van der Waals surface area contributed by atoms with Gasteiger partial charge in [-0.3, -0.25) is 19.3 Å². The van der Waals surface area contributed by atoms with Crippen molar-refractivity contribution < 1.29 is 23.9 Å². The average Bonchev–Trinajstić information content (AvgIpc) is 3.11. The normalized spacial score (nSPS) is 13.4. The second kappa shape index (κ2) is 10.1. The smallest absolute Gasteiger partial charge is 0.338 e. The van der Waals surface area contributed by atoms with Crippen molar-refractivity contribution in [2.45, 2.75) is 19.4 Å². The third-order valence-corrected chi connectivity index (χ3v) is 5.68. The Kier molecular flexibility index (Phi) is 6.82. The lowest BCUT2D eigenvalue weighted by atomic mass is 10.1. The highest BCUT2D eigenvalue weighted by atomic mass is 16.5. The minimum atomic E-state index is -0.742. The van der Waals surface area contributed by atoms with E-state index in [4.69, 9.17) is 4.74 Å². The van der Waals surface area contributed by atoms with Crippen molar-refractivity contribution in [1.82, 2.24) is 10.2 Å². The molecule has 1 aliphatic rings. The van der Waals surface area contributed by atoms with E-state index < -0.39 is 24.4 Å². The molecule has 7 heteroatoms. The first-order valence-corrected chi connectivity index (χ1v) is 11.0. The third-order valence-electron chi connectivity index (χ3n) is 5.68. The number of esters is 1. The number of nitrogens with one attached hydrogen (secondary N) is 1. The van der Waals surface area contributed by atoms with Crippen LogP contribution >= 0.6 is 0 Å². The summed E-state index contributed by atoms with van der Waals surface area (Å²) >= 11 is 0. The van der Waals surface area contributed by atoms with E-state index in [-0.39, 0.29) is 35.2 Å². The fourth-order valence-corrected chi connectivity index (χ4v) is 3.83. The number of imide groups is 1. The van der Waals surface area contributed by atoms with Crippen molar-refractivity contribution in [3.8, 4) is 0 Å². The first kappa shape index (κ1) is 22.9. The molecular weight excluding hydrogens is 432 g/mol. The maximum absolute atomic E-state index is 12.8. The van der Waals surface area contributed by atoms with Crippen LogP contribution in [0.2, 0.25) is 0 Å². The third kappa shape index (κ3) is 5.04. The summed E-state index contributed by atoms with van der Waals surface area (Å²) in [6.07, 6.45) is 0.539. The fourth-order valence-electron chi connectivity index (χ4n) is 3.83. The van der Waals surface area contributed by atoms with Crippen molar-refractivity contribution in [1.29, 1.82) is 0 Å². The molecule has 1 N–H and O–H groups in total.